The van der Waals surface area contributed by atoms with Crippen molar-refractivity contribution in [3.05, 3.63) is 88.2 Å². The van der Waals surface area contributed by atoms with Crippen LogP contribution in [0.1, 0.15) is 54.3 Å². The lowest BCUT2D eigenvalue weighted by Gasteiger charge is -2.28. The molecule has 2 aromatic carbocycles. The highest BCUT2D eigenvalue weighted by Crippen LogP contribution is 2.30. The first kappa shape index (κ1) is 26.2. The maximum atomic E-state index is 14.4. The van der Waals surface area contributed by atoms with Crippen molar-refractivity contribution in [2.45, 2.75) is 53.1 Å². The van der Waals surface area contributed by atoms with Crippen molar-refractivity contribution < 1.29 is 18.7 Å². The molecule has 3 aromatic rings. The number of hydrogen-bond donors (Lipinski definition) is 0. The largest absolute Gasteiger partial charge is 0.487 e. The highest BCUT2D eigenvalue weighted by molar-refractivity contribution is 5.88. The lowest BCUT2D eigenvalue weighted by atomic mass is 10.1. The molecule has 1 aromatic heterocycles. The summed E-state index contributed by atoms with van der Waals surface area (Å²) in [5.74, 6) is 0.293. The second-order valence-corrected chi connectivity index (χ2v) is 9.14. The summed E-state index contributed by atoms with van der Waals surface area (Å²) >= 11 is 0. The van der Waals surface area contributed by atoms with E-state index in [1.165, 1.54) is 11.1 Å². The third-order valence-corrected chi connectivity index (χ3v) is 5.23. The molecule has 0 atom stereocenters. The third kappa shape index (κ3) is 6.58. The average molecular weight is 487 g/mol. The minimum absolute atomic E-state index is 0.0202. The molecule has 36 heavy (non-hydrogen) atoms. The zero-order valence-corrected chi connectivity index (χ0v) is 20.7. The van der Waals surface area contributed by atoms with E-state index >= 15 is 0 Å². The van der Waals surface area contributed by atoms with Gasteiger partial charge in [-0.1, -0.05) is 12.1 Å². The number of alkyl halides is 1. The van der Waals surface area contributed by atoms with Crippen molar-refractivity contribution in [2.75, 3.05) is 4.90 Å². The molecule has 0 N–H and O–H groups in total. The first-order valence-electron chi connectivity index (χ1n) is 11.3. The van der Waals surface area contributed by atoms with E-state index in [4.69, 9.17) is 20.0 Å². The van der Waals surface area contributed by atoms with E-state index < -0.39 is 18.4 Å². The summed E-state index contributed by atoms with van der Waals surface area (Å²) < 4.78 is 25.9. The number of benzene rings is 2. The van der Waals surface area contributed by atoms with Gasteiger partial charge in [0.2, 0.25) is 0 Å². The van der Waals surface area contributed by atoms with Gasteiger partial charge in [-0.2, -0.15) is 10.5 Å². The molecule has 7 nitrogen and oxygen atoms in total. The number of aryl methyl sites for hydroxylation is 1. The van der Waals surface area contributed by atoms with Gasteiger partial charge < -0.3 is 9.47 Å². The first-order chi connectivity index (χ1) is 17.1. The summed E-state index contributed by atoms with van der Waals surface area (Å²) in [6.45, 7) is 6.27. The third-order valence-electron chi connectivity index (χ3n) is 5.23. The van der Waals surface area contributed by atoms with Crippen LogP contribution in [-0.4, -0.2) is 16.7 Å². The van der Waals surface area contributed by atoms with E-state index in [9.17, 15) is 9.18 Å². The van der Waals surface area contributed by atoms with Gasteiger partial charge in [0.15, 0.2) is 0 Å². The van der Waals surface area contributed by atoms with Gasteiger partial charge in [0, 0.05) is 17.4 Å². The maximum absolute atomic E-state index is 14.4. The Kier molecular flexibility index (Phi) is 8.24. The maximum Gasteiger partial charge on any atom is 0.415 e. The van der Waals surface area contributed by atoms with Crippen molar-refractivity contribution in [1.29, 1.82) is 10.5 Å². The number of nitriles is 2. The van der Waals surface area contributed by atoms with Gasteiger partial charge >= 0.3 is 6.09 Å². The smallest absolute Gasteiger partial charge is 0.415 e. The molecule has 184 valence electrons. The quantitative estimate of drug-likeness (QED) is 0.399. The topological polar surface area (TPSA) is 99.2 Å². The van der Waals surface area contributed by atoms with Gasteiger partial charge in [0.05, 0.1) is 35.5 Å². The van der Waals surface area contributed by atoms with Crippen LogP contribution in [0.2, 0.25) is 0 Å². The Morgan fingerprint density at radius 3 is 2.39 bits per heavy atom. The minimum Gasteiger partial charge on any atom is -0.487 e. The zero-order chi connectivity index (χ0) is 26.3. The summed E-state index contributed by atoms with van der Waals surface area (Å²) in [5, 5.41) is 18.2. The SMILES string of the molecule is Cc1ncc(CN(C(=O)OC(C)(C)C)c2ccc(C#N)cc2)c(CF)c1OCc1cccc(C#N)c1. The summed E-state index contributed by atoms with van der Waals surface area (Å²) in [6, 6.07) is 17.6. The number of halogens is 1. The molecule has 0 bridgehead atoms. The molecule has 0 unspecified atom stereocenters. The first-order valence-corrected chi connectivity index (χ1v) is 11.3. The summed E-state index contributed by atoms with van der Waals surface area (Å²) in [5.41, 5.74) is 2.69. The summed E-state index contributed by atoms with van der Waals surface area (Å²) in [6.07, 6.45) is 0.905. The van der Waals surface area contributed by atoms with Crippen LogP contribution in [0.4, 0.5) is 14.9 Å². The second kappa shape index (κ2) is 11.3. The molecular weight excluding hydrogens is 459 g/mol. The highest BCUT2D eigenvalue weighted by atomic mass is 19.1. The minimum atomic E-state index is -0.832. The Morgan fingerprint density at radius 1 is 1.08 bits per heavy atom. The Hall–Kier alpha value is -4.43. The van der Waals surface area contributed by atoms with Crippen LogP contribution in [0.5, 0.6) is 5.75 Å². The van der Waals surface area contributed by atoms with E-state index in [-0.39, 0.29) is 18.7 Å². The highest BCUT2D eigenvalue weighted by Gasteiger charge is 2.26. The predicted octanol–water partition coefficient (Wildman–Crippen LogP) is 6.12. The van der Waals surface area contributed by atoms with Crippen LogP contribution in [0, 0.1) is 29.6 Å². The summed E-state index contributed by atoms with van der Waals surface area (Å²) in [4.78, 5) is 18.9. The van der Waals surface area contributed by atoms with Crippen molar-refractivity contribution in [2.24, 2.45) is 0 Å². The van der Waals surface area contributed by atoms with Crippen molar-refractivity contribution >= 4 is 11.8 Å². The molecule has 1 amide bonds. The van der Waals surface area contributed by atoms with Gasteiger partial charge in [0.1, 0.15) is 24.6 Å². The number of rotatable bonds is 7. The Balaban J connectivity index is 1.95. The van der Waals surface area contributed by atoms with Crippen LogP contribution in [-0.2, 0) is 24.6 Å². The van der Waals surface area contributed by atoms with Crippen molar-refractivity contribution in [3.8, 4) is 17.9 Å². The van der Waals surface area contributed by atoms with E-state index in [1.54, 1.807) is 70.2 Å². The number of nitrogens with zero attached hydrogens (tertiary/aromatic N) is 4. The molecule has 0 saturated carbocycles. The molecule has 0 fully saturated rings. The predicted molar refractivity (Wildman–Crippen MR) is 133 cm³/mol. The Bertz CT molecular complexity index is 1320. The average Bonchev–Trinajstić information content (AvgIpc) is 2.86. The standard InChI is InChI=1S/C28H27FN4O3/c1-19-26(35-18-22-7-5-6-21(12-22)15-31)25(13-29)23(16-32-19)17-33(27(34)36-28(2,3)4)24-10-8-20(14-30)9-11-24/h5-12,16H,13,17-18H2,1-4H3. The van der Waals surface area contributed by atoms with E-state index in [0.717, 1.165) is 5.56 Å². The van der Waals surface area contributed by atoms with Gasteiger partial charge in [0.25, 0.3) is 0 Å². The number of amides is 1. The van der Waals surface area contributed by atoms with Crippen LogP contribution >= 0.6 is 0 Å². The van der Waals surface area contributed by atoms with E-state index in [1.807, 2.05) is 12.1 Å². The molecule has 0 spiro atoms. The molecule has 1 heterocycles. The molecule has 0 aliphatic heterocycles. The fourth-order valence-electron chi connectivity index (χ4n) is 3.50. The van der Waals surface area contributed by atoms with Gasteiger partial charge in [-0.3, -0.25) is 9.88 Å². The van der Waals surface area contributed by atoms with Gasteiger partial charge in [-0.15, -0.1) is 0 Å². The fraction of sp³-hybridized carbons (Fsp3) is 0.286. The second-order valence-electron chi connectivity index (χ2n) is 9.14. The Labute approximate surface area is 210 Å². The van der Waals surface area contributed by atoms with Gasteiger partial charge in [-0.25, -0.2) is 9.18 Å². The van der Waals surface area contributed by atoms with Crippen LogP contribution < -0.4 is 9.64 Å². The van der Waals surface area contributed by atoms with Crippen molar-refractivity contribution in [3.63, 3.8) is 0 Å². The fourth-order valence-corrected chi connectivity index (χ4v) is 3.50. The molecule has 0 aliphatic carbocycles. The summed E-state index contributed by atoms with van der Waals surface area (Å²) in [7, 11) is 0. The lowest BCUT2D eigenvalue weighted by molar-refractivity contribution is 0.0577. The number of hydrogen-bond acceptors (Lipinski definition) is 6. The number of carbonyl (C=O) groups is 1. The number of carbonyl (C=O) groups excluding carboxylic acids is 1. The molecule has 3 rings (SSSR count). The van der Waals surface area contributed by atoms with Gasteiger partial charge in [-0.05, 0) is 75.2 Å². The monoisotopic (exact) mass is 486 g/mol. The Morgan fingerprint density at radius 2 is 1.78 bits per heavy atom. The molecule has 0 saturated heterocycles. The van der Waals surface area contributed by atoms with Crippen molar-refractivity contribution in [1.82, 2.24) is 4.98 Å². The molecule has 0 radical (unpaired) electrons. The molecule has 8 heteroatoms. The number of pyridine rings is 1. The van der Waals surface area contributed by atoms with Crippen LogP contribution in [0.15, 0.2) is 54.7 Å². The number of ether oxygens (including phenoxy) is 2. The number of aromatic nitrogens is 1. The number of anilines is 1. The van der Waals surface area contributed by atoms with E-state index in [2.05, 4.69) is 11.1 Å². The van der Waals surface area contributed by atoms with Crippen LogP contribution in [0.25, 0.3) is 0 Å². The normalized spacial score (nSPS) is 10.8. The zero-order valence-electron chi connectivity index (χ0n) is 20.7. The lowest BCUT2D eigenvalue weighted by Crippen LogP contribution is -2.36. The van der Waals surface area contributed by atoms with Crippen LogP contribution in [0.3, 0.4) is 0 Å². The molecule has 0 aliphatic rings. The van der Waals surface area contributed by atoms with E-state index in [0.29, 0.717) is 33.8 Å². The molecular formula is C28H27FN4O3.